The van der Waals surface area contributed by atoms with Crippen LogP contribution in [-0.4, -0.2) is 16.1 Å². The normalized spacial score (nSPS) is 12.6. The van der Waals surface area contributed by atoms with E-state index >= 15 is 0 Å². The van der Waals surface area contributed by atoms with E-state index in [2.05, 4.69) is 41.0 Å². The minimum atomic E-state index is 0.222. The summed E-state index contributed by atoms with van der Waals surface area (Å²) in [6.07, 6.45) is 5.95. The fourth-order valence-electron chi connectivity index (χ4n) is 2.46. The van der Waals surface area contributed by atoms with Crippen molar-refractivity contribution in [2.24, 2.45) is 0 Å². The fraction of sp³-hybridized carbons (Fsp3) is 0.438. The molecule has 2 rings (SSSR count). The van der Waals surface area contributed by atoms with E-state index in [0.29, 0.717) is 0 Å². The van der Waals surface area contributed by atoms with Crippen molar-refractivity contribution in [3.63, 3.8) is 0 Å². The SMILES string of the molecule is CCCn1ccnc1C(Cc1cccc(Cl)c1)NCC. The molecule has 1 aromatic carbocycles. The first-order chi connectivity index (χ1) is 9.74. The molecule has 0 amide bonds. The topological polar surface area (TPSA) is 29.9 Å². The highest BCUT2D eigenvalue weighted by molar-refractivity contribution is 6.30. The molecule has 108 valence electrons. The minimum Gasteiger partial charge on any atom is -0.334 e. The second kappa shape index (κ2) is 7.46. The van der Waals surface area contributed by atoms with E-state index in [0.717, 1.165) is 36.8 Å². The third-order valence-corrected chi connectivity index (χ3v) is 3.54. The van der Waals surface area contributed by atoms with Gasteiger partial charge >= 0.3 is 0 Å². The quantitative estimate of drug-likeness (QED) is 0.840. The zero-order chi connectivity index (χ0) is 14.4. The number of nitrogens with zero attached hydrogens (tertiary/aromatic N) is 2. The largest absolute Gasteiger partial charge is 0.334 e. The number of nitrogens with one attached hydrogen (secondary N) is 1. The van der Waals surface area contributed by atoms with Crippen LogP contribution in [0.4, 0.5) is 0 Å². The first-order valence-electron chi connectivity index (χ1n) is 7.23. The predicted octanol–water partition coefficient (Wildman–Crippen LogP) is 3.84. The van der Waals surface area contributed by atoms with Crippen LogP contribution in [0.3, 0.4) is 0 Å². The second-order valence-electron chi connectivity index (χ2n) is 4.92. The minimum absolute atomic E-state index is 0.222. The summed E-state index contributed by atoms with van der Waals surface area (Å²) in [5, 5.41) is 4.31. The Morgan fingerprint density at radius 1 is 1.35 bits per heavy atom. The van der Waals surface area contributed by atoms with E-state index in [1.54, 1.807) is 0 Å². The molecule has 0 saturated carbocycles. The van der Waals surface area contributed by atoms with Gasteiger partial charge in [-0.2, -0.15) is 0 Å². The molecule has 1 atom stereocenters. The first kappa shape index (κ1) is 15.1. The van der Waals surface area contributed by atoms with Crippen molar-refractivity contribution in [1.29, 1.82) is 0 Å². The van der Waals surface area contributed by atoms with Crippen LogP contribution in [0.1, 0.15) is 37.7 Å². The molecule has 1 heterocycles. The number of hydrogen-bond donors (Lipinski definition) is 1. The molecule has 0 spiro atoms. The Bertz CT molecular complexity index is 536. The maximum absolute atomic E-state index is 6.07. The summed E-state index contributed by atoms with van der Waals surface area (Å²) in [5.74, 6) is 1.11. The Hall–Kier alpha value is -1.32. The molecule has 4 heteroatoms. The number of halogens is 1. The third-order valence-electron chi connectivity index (χ3n) is 3.30. The lowest BCUT2D eigenvalue weighted by molar-refractivity contribution is 0.488. The molecule has 1 aromatic heterocycles. The Labute approximate surface area is 126 Å². The summed E-state index contributed by atoms with van der Waals surface area (Å²) in [7, 11) is 0. The van der Waals surface area contributed by atoms with Gasteiger partial charge in [0, 0.05) is 24.0 Å². The summed E-state index contributed by atoms with van der Waals surface area (Å²) in [6, 6.07) is 8.27. The molecule has 0 aliphatic carbocycles. The van der Waals surface area contributed by atoms with Gasteiger partial charge in [0.1, 0.15) is 5.82 Å². The lowest BCUT2D eigenvalue weighted by Crippen LogP contribution is -2.26. The van der Waals surface area contributed by atoms with Crippen LogP contribution < -0.4 is 5.32 Å². The van der Waals surface area contributed by atoms with Crippen molar-refractivity contribution in [1.82, 2.24) is 14.9 Å². The molecular weight excluding hydrogens is 270 g/mol. The molecule has 0 radical (unpaired) electrons. The summed E-state index contributed by atoms with van der Waals surface area (Å²) >= 11 is 6.07. The number of aromatic nitrogens is 2. The summed E-state index contributed by atoms with van der Waals surface area (Å²) in [5.41, 5.74) is 1.23. The van der Waals surface area contributed by atoms with E-state index in [4.69, 9.17) is 11.6 Å². The van der Waals surface area contributed by atoms with Gasteiger partial charge in [0.05, 0.1) is 6.04 Å². The second-order valence-corrected chi connectivity index (χ2v) is 5.36. The number of hydrogen-bond acceptors (Lipinski definition) is 2. The van der Waals surface area contributed by atoms with Crippen LogP contribution >= 0.6 is 11.6 Å². The number of rotatable bonds is 7. The maximum Gasteiger partial charge on any atom is 0.126 e. The van der Waals surface area contributed by atoms with Gasteiger partial charge in [-0.25, -0.2) is 4.98 Å². The standard InChI is InChI=1S/C16H22ClN3/c1-3-9-20-10-8-19-16(20)15(18-4-2)12-13-6-5-7-14(17)11-13/h5-8,10-11,15,18H,3-4,9,12H2,1-2H3. The molecule has 0 saturated heterocycles. The van der Waals surface area contributed by atoms with E-state index in [9.17, 15) is 0 Å². The highest BCUT2D eigenvalue weighted by Gasteiger charge is 2.16. The van der Waals surface area contributed by atoms with E-state index in [1.807, 2.05) is 24.4 Å². The van der Waals surface area contributed by atoms with Crippen molar-refractivity contribution in [2.45, 2.75) is 39.3 Å². The van der Waals surface area contributed by atoms with Crippen molar-refractivity contribution in [2.75, 3.05) is 6.54 Å². The molecule has 0 aliphatic rings. The summed E-state index contributed by atoms with van der Waals surface area (Å²) in [4.78, 5) is 4.54. The van der Waals surface area contributed by atoms with Crippen LogP contribution in [0.2, 0.25) is 5.02 Å². The highest BCUT2D eigenvalue weighted by atomic mass is 35.5. The van der Waals surface area contributed by atoms with Crippen LogP contribution in [0.5, 0.6) is 0 Å². The first-order valence-corrected chi connectivity index (χ1v) is 7.61. The summed E-state index contributed by atoms with van der Waals surface area (Å²) < 4.78 is 2.23. The molecule has 3 nitrogen and oxygen atoms in total. The van der Waals surface area contributed by atoms with Crippen LogP contribution in [0, 0.1) is 0 Å². The number of aryl methyl sites for hydroxylation is 1. The number of imidazole rings is 1. The van der Waals surface area contributed by atoms with E-state index < -0.39 is 0 Å². The summed E-state index contributed by atoms with van der Waals surface area (Å²) in [6.45, 7) is 6.23. The maximum atomic E-state index is 6.07. The zero-order valence-corrected chi connectivity index (χ0v) is 12.9. The van der Waals surface area contributed by atoms with Gasteiger partial charge in [-0.3, -0.25) is 0 Å². The van der Waals surface area contributed by atoms with Crippen LogP contribution in [-0.2, 0) is 13.0 Å². The van der Waals surface area contributed by atoms with Crippen molar-refractivity contribution < 1.29 is 0 Å². The molecule has 0 bridgehead atoms. The average Bonchev–Trinajstić information content (AvgIpc) is 2.87. The third kappa shape index (κ3) is 3.84. The monoisotopic (exact) mass is 291 g/mol. The predicted molar refractivity (Wildman–Crippen MR) is 84.1 cm³/mol. The Kier molecular flexibility index (Phi) is 5.62. The van der Waals surface area contributed by atoms with Gasteiger partial charge < -0.3 is 9.88 Å². The molecule has 2 aromatic rings. The van der Waals surface area contributed by atoms with Crippen molar-refractivity contribution in [3.05, 3.63) is 53.1 Å². The Balaban J connectivity index is 2.20. The molecule has 0 aliphatic heterocycles. The van der Waals surface area contributed by atoms with E-state index in [1.165, 1.54) is 5.56 Å². The molecule has 20 heavy (non-hydrogen) atoms. The molecular formula is C16H22ClN3. The van der Waals surface area contributed by atoms with Crippen LogP contribution in [0.15, 0.2) is 36.7 Å². The smallest absolute Gasteiger partial charge is 0.126 e. The van der Waals surface area contributed by atoms with Gasteiger partial charge in [-0.15, -0.1) is 0 Å². The highest BCUT2D eigenvalue weighted by Crippen LogP contribution is 2.20. The Morgan fingerprint density at radius 3 is 2.90 bits per heavy atom. The van der Waals surface area contributed by atoms with Gasteiger partial charge in [-0.1, -0.05) is 37.6 Å². The molecule has 1 unspecified atom stereocenters. The van der Waals surface area contributed by atoms with Gasteiger partial charge in [-0.05, 0) is 37.1 Å². The van der Waals surface area contributed by atoms with Crippen molar-refractivity contribution >= 4 is 11.6 Å². The molecule has 1 N–H and O–H groups in total. The van der Waals surface area contributed by atoms with Gasteiger partial charge in [0.2, 0.25) is 0 Å². The van der Waals surface area contributed by atoms with Crippen molar-refractivity contribution in [3.8, 4) is 0 Å². The lowest BCUT2D eigenvalue weighted by atomic mass is 10.1. The fourth-order valence-corrected chi connectivity index (χ4v) is 2.67. The number of benzene rings is 1. The number of likely N-dealkylation sites (N-methyl/N-ethyl adjacent to an activating group) is 1. The zero-order valence-electron chi connectivity index (χ0n) is 12.1. The van der Waals surface area contributed by atoms with Crippen LogP contribution in [0.25, 0.3) is 0 Å². The molecule has 0 fully saturated rings. The lowest BCUT2D eigenvalue weighted by Gasteiger charge is -2.19. The van der Waals surface area contributed by atoms with Gasteiger partial charge in [0.15, 0.2) is 0 Å². The van der Waals surface area contributed by atoms with E-state index in [-0.39, 0.29) is 6.04 Å². The van der Waals surface area contributed by atoms with Gasteiger partial charge in [0.25, 0.3) is 0 Å². The Morgan fingerprint density at radius 2 is 2.20 bits per heavy atom. The average molecular weight is 292 g/mol.